The van der Waals surface area contributed by atoms with E-state index in [1.807, 2.05) is 0 Å². The average Bonchev–Trinajstić information content (AvgIpc) is 2.61. The zero-order valence-electron chi connectivity index (χ0n) is 8.34. The zero-order chi connectivity index (χ0) is 11.7. The fourth-order valence-electron chi connectivity index (χ4n) is 1.64. The molecule has 2 rings (SSSR count). The van der Waals surface area contributed by atoms with Crippen molar-refractivity contribution in [2.75, 3.05) is 0 Å². The summed E-state index contributed by atoms with van der Waals surface area (Å²) in [7, 11) is 0. The average molecular weight is 241 g/mol. The summed E-state index contributed by atoms with van der Waals surface area (Å²) in [5.41, 5.74) is 7.15. The summed E-state index contributed by atoms with van der Waals surface area (Å²) in [6.45, 7) is 0. The van der Waals surface area contributed by atoms with Crippen LogP contribution in [0.3, 0.4) is 0 Å². The molecule has 1 atom stereocenters. The van der Waals surface area contributed by atoms with Crippen LogP contribution in [0.2, 0.25) is 0 Å². The number of hydrogen-bond acceptors (Lipinski definition) is 2. The van der Waals surface area contributed by atoms with Crippen LogP contribution in [0.4, 0.5) is 4.39 Å². The molecule has 0 radical (unpaired) electrons. The van der Waals surface area contributed by atoms with E-state index in [-0.39, 0.29) is 5.82 Å². The molecule has 3 nitrogen and oxygen atoms in total. The maximum absolute atomic E-state index is 13.1. The number of carbonyl (C=O) groups excluding carboxylic acids is 1. The predicted molar refractivity (Wildman–Crippen MR) is 60.8 cm³/mol. The number of rotatable bonds is 3. The highest BCUT2D eigenvalue weighted by molar-refractivity contribution is 6.64. The van der Waals surface area contributed by atoms with Gasteiger partial charge in [-0.2, -0.15) is 0 Å². The molecule has 0 fully saturated rings. The summed E-state index contributed by atoms with van der Waals surface area (Å²) in [5.74, 6) is -0.320. The first-order valence-electron chi connectivity index (χ1n) is 4.78. The van der Waals surface area contributed by atoms with Crippen molar-refractivity contribution in [3.05, 3.63) is 35.8 Å². The van der Waals surface area contributed by atoms with Crippen molar-refractivity contribution in [1.29, 1.82) is 0 Å². The molecule has 1 aromatic carbocycles. The van der Waals surface area contributed by atoms with Crippen LogP contribution >= 0.6 is 11.6 Å². The number of halogens is 2. The lowest BCUT2D eigenvalue weighted by Gasteiger charge is -2.04. The number of H-pyrrole nitrogens is 1. The standard InChI is InChI=1S/C11H10ClFN2O/c12-11(16)9(14)3-6-5-15-10-2-1-7(13)4-8(6)10/h1-2,4-5,9,15H,3,14H2. The van der Waals surface area contributed by atoms with Crippen LogP contribution in [-0.4, -0.2) is 16.3 Å². The molecule has 5 heteroatoms. The normalized spacial score (nSPS) is 12.9. The zero-order valence-corrected chi connectivity index (χ0v) is 9.09. The number of nitrogens with one attached hydrogen (secondary N) is 1. The Labute approximate surface area is 96.4 Å². The van der Waals surface area contributed by atoms with Crippen LogP contribution in [0.25, 0.3) is 10.9 Å². The van der Waals surface area contributed by atoms with Crippen molar-refractivity contribution in [2.24, 2.45) is 5.73 Å². The maximum Gasteiger partial charge on any atom is 0.238 e. The molecule has 0 saturated heterocycles. The first kappa shape index (κ1) is 11.1. The van der Waals surface area contributed by atoms with Gasteiger partial charge in [0, 0.05) is 17.1 Å². The number of benzene rings is 1. The van der Waals surface area contributed by atoms with Gasteiger partial charge in [0.25, 0.3) is 0 Å². The quantitative estimate of drug-likeness (QED) is 0.806. The minimum Gasteiger partial charge on any atom is -0.361 e. The summed E-state index contributed by atoms with van der Waals surface area (Å²) in [6, 6.07) is 3.66. The highest BCUT2D eigenvalue weighted by atomic mass is 35.5. The molecule has 2 aromatic rings. The monoisotopic (exact) mass is 240 g/mol. The highest BCUT2D eigenvalue weighted by Gasteiger charge is 2.14. The predicted octanol–water partition coefficient (Wildman–Crippen LogP) is 1.94. The molecule has 0 bridgehead atoms. The molecule has 1 unspecified atom stereocenters. The number of fused-ring (bicyclic) bond motifs is 1. The lowest BCUT2D eigenvalue weighted by atomic mass is 10.1. The lowest BCUT2D eigenvalue weighted by molar-refractivity contribution is -0.112. The van der Waals surface area contributed by atoms with E-state index in [1.54, 1.807) is 12.3 Å². The molecule has 0 saturated carbocycles. The van der Waals surface area contributed by atoms with Crippen LogP contribution < -0.4 is 5.73 Å². The molecule has 0 amide bonds. The number of nitrogens with two attached hydrogens (primary N) is 1. The largest absolute Gasteiger partial charge is 0.361 e. The molecule has 16 heavy (non-hydrogen) atoms. The van der Waals surface area contributed by atoms with E-state index in [1.165, 1.54) is 12.1 Å². The van der Waals surface area contributed by atoms with Crippen LogP contribution in [0, 0.1) is 5.82 Å². The van der Waals surface area contributed by atoms with Crippen LogP contribution in [-0.2, 0) is 11.2 Å². The topological polar surface area (TPSA) is 58.9 Å². The Hall–Kier alpha value is -1.39. The van der Waals surface area contributed by atoms with E-state index in [0.29, 0.717) is 6.42 Å². The van der Waals surface area contributed by atoms with E-state index >= 15 is 0 Å². The van der Waals surface area contributed by atoms with Gasteiger partial charge in [-0.15, -0.1) is 0 Å². The van der Waals surface area contributed by atoms with E-state index in [4.69, 9.17) is 17.3 Å². The molecule has 1 aromatic heterocycles. The Kier molecular flexibility index (Phi) is 2.94. The third kappa shape index (κ3) is 2.08. The number of hydrogen-bond donors (Lipinski definition) is 2. The van der Waals surface area contributed by atoms with Crippen LogP contribution in [0.15, 0.2) is 24.4 Å². The molecule has 3 N–H and O–H groups in total. The summed E-state index contributed by atoms with van der Waals surface area (Å²) in [6.07, 6.45) is 2.01. The Balaban J connectivity index is 2.37. The van der Waals surface area contributed by atoms with Gasteiger partial charge in [-0.3, -0.25) is 4.79 Å². The SMILES string of the molecule is NC(Cc1c[nH]c2ccc(F)cc12)C(=O)Cl. The van der Waals surface area contributed by atoms with Crippen molar-refractivity contribution in [3.63, 3.8) is 0 Å². The molecule has 1 heterocycles. The number of carbonyl (C=O) groups is 1. The molecule has 0 aliphatic rings. The van der Waals surface area contributed by atoms with Crippen molar-refractivity contribution >= 4 is 27.7 Å². The molecular weight excluding hydrogens is 231 g/mol. The second-order valence-electron chi connectivity index (χ2n) is 3.62. The van der Waals surface area contributed by atoms with Gasteiger partial charge in [0.2, 0.25) is 5.24 Å². The summed E-state index contributed by atoms with van der Waals surface area (Å²) < 4.78 is 13.1. The van der Waals surface area contributed by atoms with Crippen LogP contribution in [0.5, 0.6) is 0 Å². The van der Waals surface area contributed by atoms with Crippen LogP contribution in [0.1, 0.15) is 5.56 Å². The van der Waals surface area contributed by atoms with Crippen molar-refractivity contribution in [2.45, 2.75) is 12.5 Å². The van der Waals surface area contributed by atoms with Crippen molar-refractivity contribution in [1.82, 2.24) is 4.98 Å². The Morgan fingerprint density at radius 2 is 2.31 bits per heavy atom. The van der Waals surface area contributed by atoms with Crippen molar-refractivity contribution < 1.29 is 9.18 Å². The van der Waals surface area contributed by atoms with E-state index < -0.39 is 11.3 Å². The number of aromatic nitrogens is 1. The fourth-order valence-corrected chi connectivity index (χ4v) is 1.71. The van der Waals surface area contributed by atoms with Gasteiger partial charge in [0.05, 0.1) is 6.04 Å². The minimum absolute atomic E-state index is 0.297. The molecule has 0 aliphatic carbocycles. The van der Waals surface area contributed by atoms with Gasteiger partial charge in [-0.05, 0) is 41.8 Å². The van der Waals surface area contributed by atoms with Gasteiger partial charge < -0.3 is 10.7 Å². The lowest BCUT2D eigenvalue weighted by Crippen LogP contribution is -2.29. The minimum atomic E-state index is -0.760. The molecule has 84 valence electrons. The Morgan fingerprint density at radius 1 is 1.56 bits per heavy atom. The second kappa shape index (κ2) is 4.23. The molecule has 0 aliphatic heterocycles. The first-order valence-corrected chi connectivity index (χ1v) is 5.16. The Morgan fingerprint density at radius 3 is 3.00 bits per heavy atom. The van der Waals surface area contributed by atoms with Gasteiger partial charge in [-0.1, -0.05) is 0 Å². The van der Waals surface area contributed by atoms with E-state index in [9.17, 15) is 9.18 Å². The fraction of sp³-hybridized carbons (Fsp3) is 0.182. The third-order valence-corrected chi connectivity index (χ3v) is 2.74. The smallest absolute Gasteiger partial charge is 0.238 e. The highest BCUT2D eigenvalue weighted by Crippen LogP contribution is 2.20. The van der Waals surface area contributed by atoms with Gasteiger partial charge >= 0.3 is 0 Å². The van der Waals surface area contributed by atoms with E-state index in [2.05, 4.69) is 4.98 Å². The van der Waals surface area contributed by atoms with Gasteiger partial charge in [-0.25, -0.2) is 4.39 Å². The van der Waals surface area contributed by atoms with E-state index in [0.717, 1.165) is 16.5 Å². The second-order valence-corrected chi connectivity index (χ2v) is 3.99. The third-order valence-electron chi connectivity index (χ3n) is 2.46. The first-order chi connectivity index (χ1) is 7.58. The van der Waals surface area contributed by atoms with Gasteiger partial charge in [0.15, 0.2) is 0 Å². The number of aromatic amines is 1. The molecular formula is C11H10ClFN2O. The molecule has 0 spiro atoms. The van der Waals surface area contributed by atoms with Crippen molar-refractivity contribution in [3.8, 4) is 0 Å². The Bertz CT molecular complexity index is 538. The summed E-state index contributed by atoms with van der Waals surface area (Å²) in [4.78, 5) is 13.8. The summed E-state index contributed by atoms with van der Waals surface area (Å²) in [5, 5.41) is 0.138. The summed E-state index contributed by atoms with van der Waals surface area (Å²) >= 11 is 5.28. The maximum atomic E-state index is 13.1. The van der Waals surface area contributed by atoms with Gasteiger partial charge in [0.1, 0.15) is 5.82 Å².